The van der Waals surface area contributed by atoms with Crippen LogP contribution in [0.2, 0.25) is 0 Å². The van der Waals surface area contributed by atoms with Crippen LogP contribution in [0.25, 0.3) is 22.4 Å². The lowest BCUT2D eigenvalue weighted by Crippen LogP contribution is -2.31. The molecule has 0 atom stereocenters. The number of aromatic nitrogens is 4. The Bertz CT molecular complexity index is 1370. The molecule has 0 bridgehead atoms. The molecule has 0 saturated heterocycles. The van der Waals surface area contributed by atoms with Crippen molar-refractivity contribution < 1.29 is 13.9 Å². The average Bonchev–Trinajstić information content (AvgIpc) is 3.44. The molecule has 4 aromatic rings. The van der Waals surface area contributed by atoms with Gasteiger partial charge in [0.2, 0.25) is 0 Å². The molecule has 4 heterocycles. The number of amides is 1. The lowest BCUT2D eigenvalue weighted by atomic mass is 10.0. The first-order chi connectivity index (χ1) is 15.6. The molecule has 1 amide bonds. The summed E-state index contributed by atoms with van der Waals surface area (Å²) in [5.41, 5.74) is 5.35. The number of aromatic amines is 2. The number of H-pyrrole nitrogens is 2. The minimum atomic E-state index is -0.484. The molecule has 1 saturated carbocycles. The van der Waals surface area contributed by atoms with E-state index in [9.17, 15) is 9.18 Å². The molecule has 1 aromatic carbocycles. The molecule has 2 aliphatic rings. The van der Waals surface area contributed by atoms with Crippen LogP contribution < -0.4 is 15.4 Å². The molecule has 0 unspecified atom stereocenters. The van der Waals surface area contributed by atoms with Crippen LogP contribution in [-0.4, -0.2) is 39.5 Å². The Hall–Kier alpha value is -3.88. The molecule has 0 radical (unpaired) electrons. The Labute approximate surface area is 182 Å². The number of nitrogens with zero attached hydrogens (tertiary/aromatic N) is 2. The van der Waals surface area contributed by atoms with E-state index in [-0.39, 0.29) is 11.7 Å². The Balaban J connectivity index is 1.56. The summed E-state index contributed by atoms with van der Waals surface area (Å²) in [6, 6.07) is 6.54. The molecular weight excluding hydrogens is 411 g/mol. The number of rotatable bonds is 5. The number of imidazole rings is 1. The Morgan fingerprint density at radius 2 is 2.09 bits per heavy atom. The average molecular weight is 432 g/mol. The molecule has 1 aliphatic heterocycles. The highest BCUT2D eigenvalue weighted by molar-refractivity contribution is 6.08. The maximum absolute atomic E-state index is 14.3. The first-order valence-corrected chi connectivity index (χ1v) is 10.6. The lowest BCUT2D eigenvalue weighted by Gasteiger charge is -2.16. The number of ether oxygens (including phenoxy) is 1. The van der Waals surface area contributed by atoms with Crippen molar-refractivity contribution in [1.82, 2.24) is 25.3 Å². The number of carbonyl (C=O) groups excluding carboxylic acids is 1. The number of hydrogen-bond acceptors (Lipinski definition) is 5. The first kappa shape index (κ1) is 18.9. The third kappa shape index (κ3) is 2.92. The fourth-order valence-corrected chi connectivity index (χ4v) is 4.34. The summed E-state index contributed by atoms with van der Waals surface area (Å²) in [5.74, 6) is 0.813. The lowest BCUT2D eigenvalue weighted by molar-refractivity contribution is 0.0947. The summed E-state index contributed by atoms with van der Waals surface area (Å²) in [7, 11) is 1.42. The van der Waals surface area contributed by atoms with Gasteiger partial charge in [-0.15, -0.1) is 0 Å². The van der Waals surface area contributed by atoms with Crippen molar-refractivity contribution in [2.45, 2.75) is 25.2 Å². The summed E-state index contributed by atoms with van der Waals surface area (Å²) >= 11 is 0. The summed E-state index contributed by atoms with van der Waals surface area (Å²) < 4.78 is 19.6. The van der Waals surface area contributed by atoms with Crippen LogP contribution in [0, 0.1) is 5.82 Å². The van der Waals surface area contributed by atoms with Gasteiger partial charge in [-0.05, 0) is 31.0 Å². The number of methoxy groups -OCH3 is 1. The summed E-state index contributed by atoms with van der Waals surface area (Å²) in [6.07, 6.45) is 4.62. The van der Waals surface area contributed by atoms with E-state index in [0.29, 0.717) is 41.5 Å². The van der Waals surface area contributed by atoms with Crippen LogP contribution in [-0.2, 0) is 6.42 Å². The number of carbonyl (C=O) groups is 1. The van der Waals surface area contributed by atoms with Crippen molar-refractivity contribution in [2.24, 2.45) is 0 Å². The van der Waals surface area contributed by atoms with Crippen molar-refractivity contribution in [3.05, 3.63) is 53.4 Å². The third-order valence-corrected chi connectivity index (χ3v) is 6.04. The van der Waals surface area contributed by atoms with E-state index in [1.807, 2.05) is 6.07 Å². The maximum atomic E-state index is 14.3. The quantitative estimate of drug-likeness (QED) is 0.381. The first-order valence-electron chi connectivity index (χ1n) is 10.6. The van der Waals surface area contributed by atoms with Crippen molar-refractivity contribution in [1.29, 1.82) is 0 Å². The number of hydrogen-bond donors (Lipinski definition) is 4. The predicted molar refractivity (Wildman–Crippen MR) is 118 cm³/mol. The van der Waals surface area contributed by atoms with Gasteiger partial charge < -0.3 is 25.3 Å². The zero-order chi connectivity index (χ0) is 21.8. The second-order valence-corrected chi connectivity index (χ2v) is 8.13. The second kappa shape index (κ2) is 7.08. The molecule has 1 fully saturated rings. The van der Waals surface area contributed by atoms with Crippen LogP contribution in [0.4, 0.5) is 15.8 Å². The van der Waals surface area contributed by atoms with Gasteiger partial charge in [0.25, 0.3) is 5.91 Å². The number of anilines is 2. The molecule has 8 nitrogen and oxygen atoms in total. The molecule has 0 spiro atoms. The van der Waals surface area contributed by atoms with Crippen LogP contribution in [0.15, 0.2) is 30.5 Å². The highest BCUT2D eigenvalue weighted by Gasteiger charge is 2.30. The summed E-state index contributed by atoms with van der Waals surface area (Å²) in [6.45, 7) is 0.552. The topological polar surface area (TPSA) is 108 Å². The number of benzene rings is 1. The van der Waals surface area contributed by atoms with Crippen molar-refractivity contribution in [3.63, 3.8) is 0 Å². The fraction of sp³-hybridized carbons (Fsp3) is 0.261. The minimum Gasteiger partial charge on any atom is -0.492 e. The van der Waals surface area contributed by atoms with E-state index in [1.54, 1.807) is 18.3 Å². The van der Waals surface area contributed by atoms with E-state index >= 15 is 0 Å². The molecule has 1 aliphatic carbocycles. The number of halogens is 1. The SMILES string of the molecule is COc1c(F)cccc1Nc1c(-c2ccnc3nc(C4CC4)[nH]c23)[nH]c2c1C(=O)NCC2. The largest absolute Gasteiger partial charge is 0.492 e. The van der Waals surface area contributed by atoms with E-state index in [4.69, 9.17) is 4.74 Å². The molecular formula is C23H21FN6O2. The molecule has 3 aromatic heterocycles. The standard InChI is InChI=1S/C23H21FN6O2/c1-32-20-13(24)3-2-4-15(20)28-19-16-14(8-10-26-23(16)31)27-17(19)12-7-9-25-22-18(12)29-21(30-22)11-5-6-11/h2-4,7,9,11,27-28H,5-6,8,10H2,1H3,(H,26,31)(H,25,29,30). The maximum Gasteiger partial charge on any atom is 0.255 e. The molecule has 6 rings (SSSR count). The minimum absolute atomic E-state index is 0.0852. The number of fused-ring (bicyclic) bond motifs is 2. The van der Waals surface area contributed by atoms with Gasteiger partial charge in [0.05, 0.1) is 35.3 Å². The second-order valence-electron chi connectivity index (χ2n) is 8.13. The van der Waals surface area contributed by atoms with Gasteiger partial charge in [-0.25, -0.2) is 14.4 Å². The van der Waals surface area contributed by atoms with Crippen molar-refractivity contribution >= 4 is 28.4 Å². The highest BCUT2D eigenvalue weighted by Crippen LogP contribution is 2.43. The van der Waals surface area contributed by atoms with Gasteiger partial charge in [0.1, 0.15) is 5.82 Å². The van der Waals surface area contributed by atoms with Gasteiger partial charge in [-0.3, -0.25) is 4.79 Å². The zero-order valence-electron chi connectivity index (χ0n) is 17.4. The van der Waals surface area contributed by atoms with Crippen LogP contribution >= 0.6 is 0 Å². The van der Waals surface area contributed by atoms with Crippen LogP contribution in [0.5, 0.6) is 5.75 Å². The van der Waals surface area contributed by atoms with Gasteiger partial charge >= 0.3 is 0 Å². The highest BCUT2D eigenvalue weighted by atomic mass is 19.1. The predicted octanol–water partition coefficient (Wildman–Crippen LogP) is 4.01. The Morgan fingerprint density at radius 1 is 1.22 bits per heavy atom. The summed E-state index contributed by atoms with van der Waals surface area (Å²) in [5, 5.41) is 6.16. The van der Waals surface area contributed by atoms with E-state index in [0.717, 1.165) is 41.1 Å². The van der Waals surface area contributed by atoms with E-state index in [1.165, 1.54) is 13.2 Å². The van der Waals surface area contributed by atoms with E-state index < -0.39 is 5.82 Å². The molecule has 4 N–H and O–H groups in total. The molecule has 32 heavy (non-hydrogen) atoms. The zero-order valence-corrected chi connectivity index (χ0v) is 17.4. The Morgan fingerprint density at radius 3 is 2.91 bits per heavy atom. The van der Waals surface area contributed by atoms with Crippen LogP contribution in [0.3, 0.4) is 0 Å². The third-order valence-electron chi connectivity index (χ3n) is 6.04. The Kier molecular flexibility index (Phi) is 4.17. The summed E-state index contributed by atoms with van der Waals surface area (Å²) in [4.78, 5) is 28.8. The normalized spacial score (nSPS) is 15.5. The van der Waals surface area contributed by atoms with Crippen LogP contribution in [0.1, 0.15) is 40.6 Å². The molecule has 162 valence electrons. The van der Waals surface area contributed by atoms with Gasteiger partial charge in [-0.1, -0.05) is 6.07 Å². The monoisotopic (exact) mass is 432 g/mol. The smallest absolute Gasteiger partial charge is 0.255 e. The van der Waals surface area contributed by atoms with Gasteiger partial charge in [-0.2, -0.15) is 0 Å². The van der Waals surface area contributed by atoms with Crippen molar-refractivity contribution in [2.75, 3.05) is 19.0 Å². The van der Waals surface area contributed by atoms with Gasteiger partial charge in [0.15, 0.2) is 17.2 Å². The number of para-hydroxylation sites is 1. The number of pyridine rings is 1. The van der Waals surface area contributed by atoms with Gasteiger partial charge in [0, 0.05) is 36.3 Å². The fourth-order valence-electron chi connectivity index (χ4n) is 4.34. The van der Waals surface area contributed by atoms with E-state index in [2.05, 4.69) is 30.6 Å². The molecule has 9 heteroatoms. The van der Waals surface area contributed by atoms with Crippen molar-refractivity contribution in [3.8, 4) is 17.0 Å². The number of nitrogens with one attached hydrogen (secondary N) is 4.